The van der Waals surface area contributed by atoms with Gasteiger partial charge in [-0.2, -0.15) is 13.2 Å². The van der Waals surface area contributed by atoms with Gasteiger partial charge in [-0.15, -0.1) is 0 Å². The molecule has 0 unspecified atom stereocenters. The summed E-state index contributed by atoms with van der Waals surface area (Å²) < 4.78 is 46.9. The summed E-state index contributed by atoms with van der Waals surface area (Å²) in [6.45, 7) is 0.0712. The molecule has 36 heavy (non-hydrogen) atoms. The van der Waals surface area contributed by atoms with Crippen molar-refractivity contribution in [3.8, 4) is 11.6 Å². The number of aliphatic hydroxyl groups excluding tert-OH is 1. The predicted octanol–water partition coefficient (Wildman–Crippen LogP) is 0.884. The van der Waals surface area contributed by atoms with Gasteiger partial charge >= 0.3 is 6.18 Å². The van der Waals surface area contributed by atoms with Gasteiger partial charge < -0.3 is 29.3 Å². The van der Waals surface area contributed by atoms with E-state index in [1.54, 1.807) is 7.05 Å². The molecular formula is C22H25F3N6O5. The maximum atomic E-state index is 12.8. The number of carbonyl (C=O) groups is 2. The van der Waals surface area contributed by atoms with Crippen LogP contribution >= 0.6 is 0 Å². The Bertz CT molecular complexity index is 1060. The van der Waals surface area contributed by atoms with Gasteiger partial charge in [-0.05, 0) is 6.07 Å². The number of rotatable bonds is 9. The van der Waals surface area contributed by atoms with Gasteiger partial charge in [-0.1, -0.05) is 0 Å². The molecule has 2 aromatic rings. The largest absolute Gasteiger partial charge is 0.479 e. The van der Waals surface area contributed by atoms with E-state index in [9.17, 15) is 22.8 Å². The van der Waals surface area contributed by atoms with Crippen LogP contribution in [0.4, 0.5) is 24.8 Å². The summed E-state index contributed by atoms with van der Waals surface area (Å²) in [6.07, 6.45) is -0.594. The van der Waals surface area contributed by atoms with Gasteiger partial charge in [0.25, 0.3) is 5.91 Å². The highest BCUT2D eigenvalue weighted by atomic mass is 19.4. The van der Waals surface area contributed by atoms with Gasteiger partial charge in [0.2, 0.25) is 17.7 Å². The number of halogens is 3. The Morgan fingerprint density at radius 1 is 1.19 bits per heavy atom. The summed E-state index contributed by atoms with van der Waals surface area (Å²) in [4.78, 5) is 42.3. The third-order valence-electron chi connectivity index (χ3n) is 5.79. The number of carbonyl (C=O) groups excluding carboxylic acids is 2. The molecule has 4 heterocycles. The van der Waals surface area contributed by atoms with Gasteiger partial charge in [0.05, 0.1) is 36.8 Å². The van der Waals surface area contributed by atoms with Crippen LogP contribution in [0.25, 0.3) is 0 Å². The molecule has 2 aromatic heterocycles. The fourth-order valence-electron chi connectivity index (χ4n) is 3.85. The Labute approximate surface area is 204 Å². The van der Waals surface area contributed by atoms with Crippen LogP contribution in [0.1, 0.15) is 6.42 Å². The minimum absolute atomic E-state index is 0.0377. The van der Waals surface area contributed by atoms with E-state index in [0.717, 1.165) is 0 Å². The number of amides is 2. The third kappa shape index (κ3) is 5.93. The van der Waals surface area contributed by atoms with Crippen LogP contribution in [-0.4, -0.2) is 95.5 Å². The van der Waals surface area contributed by atoms with Gasteiger partial charge in [0.1, 0.15) is 5.75 Å². The van der Waals surface area contributed by atoms with E-state index in [-0.39, 0.29) is 42.5 Å². The first-order chi connectivity index (χ1) is 17.1. The van der Waals surface area contributed by atoms with Crippen LogP contribution in [0, 0.1) is 5.92 Å². The SMILES string of the molecule is CN(CCO)C(=O)C1CN(c2ncc(N3CC[C@@H](Oc4ccc(OCC(F)(F)F)nc4)C3=O)cn2)C1. The van der Waals surface area contributed by atoms with E-state index in [2.05, 4.69) is 19.7 Å². The Kier molecular flexibility index (Phi) is 7.43. The highest BCUT2D eigenvalue weighted by Gasteiger charge is 2.37. The molecule has 0 saturated carbocycles. The molecule has 1 N–H and O–H groups in total. The van der Waals surface area contributed by atoms with Crippen molar-refractivity contribution in [3.05, 3.63) is 30.7 Å². The number of aliphatic hydroxyl groups is 1. The number of aromatic nitrogens is 3. The lowest BCUT2D eigenvalue weighted by Crippen LogP contribution is -2.54. The number of nitrogens with zero attached hydrogens (tertiary/aromatic N) is 6. The summed E-state index contributed by atoms with van der Waals surface area (Å²) in [5.41, 5.74) is 0.500. The van der Waals surface area contributed by atoms with E-state index in [0.29, 0.717) is 37.7 Å². The summed E-state index contributed by atoms with van der Waals surface area (Å²) in [5.74, 6) is -0.0396. The van der Waals surface area contributed by atoms with E-state index >= 15 is 0 Å². The van der Waals surface area contributed by atoms with Gasteiger partial charge in [0, 0.05) is 45.7 Å². The zero-order valence-corrected chi connectivity index (χ0v) is 19.4. The number of anilines is 2. The Morgan fingerprint density at radius 2 is 1.92 bits per heavy atom. The maximum Gasteiger partial charge on any atom is 0.422 e. The monoisotopic (exact) mass is 510 g/mol. The average molecular weight is 510 g/mol. The summed E-state index contributed by atoms with van der Waals surface area (Å²) in [5, 5.41) is 8.96. The highest BCUT2D eigenvalue weighted by Crippen LogP contribution is 2.27. The highest BCUT2D eigenvalue weighted by molar-refractivity contribution is 5.98. The molecule has 2 aliphatic rings. The molecule has 2 amide bonds. The minimum Gasteiger partial charge on any atom is -0.479 e. The van der Waals surface area contributed by atoms with Crippen molar-refractivity contribution in [1.82, 2.24) is 19.9 Å². The molecule has 4 rings (SSSR count). The van der Waals surface area contributed by atoms with Crippen molar-refractivity contribution in [2.24, 2.45) is 5.92 Å². The average Bonchev–Trinajstić information content (AvgIpc) is 3.17. The number of hydrogen-bond acceptors (Lipinski definition) is 9. The Hall–Kier alpha value is -3.68. The zero-order chi connectivity index (χ0) is 25.9. The molecule has 0 aliphatic carbocycles. The van der Waals surface area contributed by atoms with E-state index in [4.69, 9.17) is 9.84 Å². The van der Waals surface area contributed by atoms with Crippen molar-refractivity contribution in [2.75, 3.05) is 56.2 Å². The topological polar surface area (TPSA) is 121 Å². The van der Waals surface area contributed by atoms with E-state index in [1.165, 1.54) is 40.5 Å². The quantitative estimate of drug-likeness (QED) is 0.524. The molecule has 1 atom stereocenters. The maximum absolute atomic E-state index is 12.8. The molecule has 2 aliphatic heterocycles. The molecule has 0 aromatic carbocycles. The standard InChI is InChI=1S/C22H25F3N6O5/c1-29(6-7-32)19(33)14-11-30(12-14)21-27-8-15(9-28-21)31-5-4-17(20(31)34)36-16-2-3-18(26-10-16)35-13-22(23,24)25/h2-3,8-10,14,17,32H,4-7,11-13H2,1H3/t17-/m1/s1. The smallest absolute Gasteiger partial charge is 0.422 e. The first-order valence-electron chi connectivity index (χ1n) is 11.2. The van der Waals surface area contributed by atoms with E-state index in [1.807, 2.05) is 4.90 Å². The lowest BCUT2D eigenvalue weighted by Gasteiger charge is -2.39. The van der Waals surface area contributed by atoms with Crippen LogP contribution in [0.2, 0.25) is 0 Å². The Balaban J connectivity index is 1.28. The van der Waals surface area contributed by atoms with Gasteiger partial charge in [0.15, 0.2) is 12.7 Å². The summed E-state index contributed by atoms with van der Waals surface area (Å²) in [6, 6.07) is 2.63. The van der Waals surface area contributed by atoms with Crippen LogP contribution < -0.4 is 19.3 Å². The van der Waals surface area contributed by atoms with E-state index < -0.39 is 18.9 Å². The number of likely N-dealkylation sites (N-methyl/N-ethyl adjacent to an activating group) is 1. The van der Waals surface area contributed by atoms with Gasteiger partial charge in [-0.25, -0.2) is 15.0 Å². The normalized spacial score (nSPS) is 18.2. The molecule has 0 spiro atoms. The molecule has 2 fully saturated rings. The second-order valence-corrected chi connectivity index (χ2v) is 8.45. The fraction of sp³-hybridized carbons (Fsp3) is 0.500. The summed E-state index contributed by atoms with van der Waals surface area (Å²) >= 11 is 0. The number of pyridine rings is 1. The molecule has 0 bridgehead atoms. The van der Waals surface area contributed by atoms with Gasteiger partial charge in [-0.3, -0.25) is 9.59 Å². The molecule has 14 heteroatoms. The first-order valence-corrected chi connectivity index (χ1v) is 11.2. The predicted molar refractivity (Wildman–Crippen MR) is 120 cm³/mol. The lowest BCUT2D eigenvalue weighted by atomic mass is 9.99. The van der Waals surface area contributed by atoms with Crippen molar-refractivity contribution in [3.63, 3.8) is 0 Å². The third-order valence-corrected chi connectivity index (χ3v) is 5.79. The fourth-order valence-corrected chi connectivity index (χ4v) is 3.85. The summed E-state index contributed by atoms with van der Waals surface area (Å²) in [7, 11) is 1.65. The number of hydrogen-bond donors (Lipinski definition) is 1. The van der Waals surface area contributed by atoms with Crippen LogP contribution in [0.5, 0.6) is 11.6 Å². The first kappa shape index (κ1) is 25.4. The molecule has 0 radical (unpaired) electrons. The number of alkyl halides is 3. The molecule has 2 saturated heterocycles. The molecular weight excluding hydrogens is 485 g/mol. The van der Waals surface area contributed by atoms with Crippen molar-refractivity contribution < 1.29 is 37.3 Å². The molecule has 11 nitrogen and oxygen atoms in total. The minimum atomic E-state index is -4.47. The van der Waals surface area contributed by atoms with Crippen molar-refractivity contribution in [2.45, 2.75) is 18.7 Å². The van der Waals surface area contributed by atoms with Crippen LogP contribution in [0.3, 0.4) is 0 Å². The van der Waals surface area contributed by atoms with Crippen molar-refractivity contribution >= 4 is 23.5 Å². The zero-order valence-electron chi connectivity index (χ0n) is 19.4. The van der Waals surface area contributed by atoms with Crippen molar-refractivity contribution in [1.29, 1.82) is 0 Å². The second kappa shape index (κ2) is 10.5. The Morgan fingerprint density at radius 3 is 2.53 bits per heavy atom. The number of ether oxygens (including phenoxy) is 2. The second-order valence-electron chi connectivity index (χ2n) is 8.45. The van der Waals surface area contributed by atoms with Crippen LogP contribution in [0.15, 0.2) is 30.7 Å². The lowest BCUT2D eigenvalue weighted by molar-refractivity contribution is -0.154. The van der Waals surface area contributed by atoms with Crippen LogP contribution in [-0.2, 0) is 9.59 Å². The molecule has 194 valence electrons.